The molecule has 1 saturated heterocycles. The summed E-state index contributed by atoms with van der Waals surface area (Å²) in [5, 5.41) is 3.51. The van der Waals surface area contributed by atoms with Crippen molar-refractivity contribution in [2.75, 3.05) is 7.05 Å². The fourth-order valence-corrected chi connectivity index (χ4v) is 1.45. The first kappa shape index (κ1) is 7.27. The third-order valence-electron chi connectivity index (χ3n) is 2.23. The monoisotopic (exact) mass is 168 g/mol. The van der Waals surface area contributed by atoms with Crippen molar-refractivity contribution in [1.29, 1.82) is 0 Å². The van der Waals surface area contributed by atoms with Crippen LogP contribution in [-0.2, 0) is 14.4 Å². The minimum atomic E-state index is -0.994. The number of imide groups is 1. The van der Waals surface area contributed by atoms with Crippen LogP contribution in [-0.4, -0.2) is 35.6 Å². The molecule has 0 bridgehead atoms. The highest BCUT2D eigenvalue weighted by Crippen LogP contribution is 2.32. The third-order valence-corrected chi connectivity index (χ3v) is 2.23. The van der Waals surface area contributed by atoms with E-state index in [0.717, 1.165) is 4.90 Å². The van der Waals surface area contributed by atoms with E-state index in [9.17, 15) is 9.59 Å². The fraction of sp³-hybridized carbons (Fsp3) is 0.571. The van der Waals surface area contributed by atoms with Crippen molar-refractivity contribution in [3.8, 4) is 0 Å². The van der Waals surface area contributed by atoms with Gasteiger partial charge in [-0.25, -0.2) is 0 Å². The number of nitrogens with zero attached hydrogens (tertiary/aromatic N) is 2. The lowest BCUT2D eigenvalue weighted by molar-refractivity contribution is -0.146. The van der Waals surface area contributed by atoms with Crippen LogP contribution in [0.2, 0.25) is 0 Å². The van der Waals surface area contributed by atoms with Gasteiger partial charge in [0.2, 0.25) is 11.5 Å². The average Bonchev–Trinajstić information content (AvgIpc) is 2.57. The van der Waals surface area contributed by atoms with Crippen LogP contribution in [0, 0.1) is 0 Å². The quantitative estimate of drug-likeness (QED) is 0.459. The van der Waals surface area contributed by atoms with Crippen molar-refractivity contribution < 1.29 is 14.4 Å². The predicted molar refractivity (Wildman–Crippen MR) is 39.3 cm³/mol. The predicted octanol–water partition coefficient (Wildman–Crippen LogP) is -0.480. The van der Waals surface area contributed by atoms with Crippen molar-refractivity contribution in [2.24, 2.45) is 5.16 Å². The topological polar surface area (TPSA) is 59.0 Å². The fourth-order valence-electron chi connectivity index (χ4n) is 1.45. The average molecular weight is 168 g/mol. The van der Waals surface area contributed by atoms with Crippen molar-refractivity contribution in [3.05, 3.63) is 0 Å². The highest BCUT2D eigenvalue weighted by atomic mass is 16.7. The van der Waals surface area contributed by atoms with Gasteiger partial charge < -0.3 is 4.84 Å². The van der Waals surface area contributed by atoms with Gasteiger partial charge in [-0.3, -0.25) is 14.5 Å². The van der Waals surface area contributed by atoms with Crippen LogP contribution < -0.4 is 0 Å². The Labute approximate surface area is 69.0 Å². The Hall–Kier alpha value is -1.39. The van der Waals surface area contributed by atoms with E-state index in [1.807, 2.05) is 0 Å². The van der Waals surface area contributed by atoms with Crippen LogP contribution in [0.1, 0.15) is 12.8 Å². The van der Waals surface area contributed by atoms with E-state index in [4.69, 9.17) is 4.84 Å². The number of hydrogen-bond donors (Lipinski definition) is 0. The SMILES string of the molecule is CN1C(=O)CC2(CC=NO2)C1=O. The zero-order chi connectivity index (χ0) is 8.77. The molecule has 2 heterocycles. The van der Waals surface area contributed by atoms with Crippen LogP contribution in [0.15, 0.2) is 5.16 Å². The molecule has 2 amide bonds. The number of oxime groups is 1. The largest absolute Gasteiger partial charge is 0.378 e. The summed E-state index contributed by atoms with van der Waals surface area (Å²) in [5.41, 5.74) is -0.994. The molecule has 0 N–H and O–H groups in total. The summed E-state index contributed by atoms with van der Waals surface area (Å²) in [6.07, 6.45) is 2.04. The summed E-state index contributed by atoms with van der Waals surface area (Å²) in [6, 6.07) is 0. The minimum absolute atomic E-state index is 0.113. The Morgan fingerprint density at radius 3 is 2.83 bits per heavy atom. The molecule has 64 valence electrons. The minimum Gasteiger partial charge on any atom is -0.378 e. The molecule has 5 nitrogen and oxygen atoms in total. The van der Waals surface area contributed by atoms with Crippen molar-refractivity contribution >= 4 is 18.0 Å². The lowest BCUT2D eigenvalue weighted by Crippen LogP contribution is -2.38. The Balaban J connectivity index is 2.30. The molecule has 1 spiro atoms. The van der Waals surface area contributed by atoms with Gasteiger partial charge in [0.1, 0.15) is 0 Å². The maximum Gasteiger partial charge on any atom is 0.276 e. The van der Waals surface area contributed by atoms with E-state index in [-0.39, 0.29) is 18.2 Å². The molecule has 0 aromatic carbocycles. The summed E-state index contributed by atoms with van der Waals surface area (Å²) in [4.78, 5) is 28.6. The van der Waals surface area contributed by atoms with E-state index < -0.39 is 5.60 Å². The van der Waals surface area contributed by atoms with Crippen LogP contribution in [0.5, 0.6) is 0 Å². The molecule has 1 unspecified atom stereocenters. The molecule has 0 aliphatic carbocycles. The molecule has 0 aromatic rings. The second kappa shape index (κ2) is 2.06. The van der Waals surface area contributed by atoms with E-state index >= 15 is 0 Å². The number of amides is 2. The third kappa shape index (κ3) is 0.704. The normalized spacial score (nSPS) is 33.6. The van der Waals surface area contributed by atoms with Crippen molar-refractivity contribution in [2.45, 2.75) is 18.4 Å². The molecule has 0 radical (unpaired) electrons. The first-order chi connectivity index (χ1) is 5.66. The van der Waals surface area contributed by atoms with Gasteiger partial charge in [0, 0.05) is 19.7 Å². The van der Waals surface area contributed by atoms with Crippen LogP contribution in [0.4, 0.5) is 0 Å². The first-order valence-corrected chi connectivity index (χ1v) is 3.67. The van der Waals surface area contributed by atoms with Crippen LogP contribution >= 0.6 is 0 Å². The number of rotatable bonds is 0. The number of hydrogen-bond acceptors (Lipinski definition) is 4. The number of likely N-dealkylation sites (tertiary alicyclic amines) is 1. The van der Waals surface area contributed by atoms with Gasteiger partial charge in [0.05, 0.1) is 6.42 Å². The molecule has 2 rings (SSSR count). The van der Waals surface area contributed by atoms with E-state index in [0.29, 0.717) is 6.42 Å². The van der Waals surface area contributed by atoms with Crippen LogP contribution in [0.3, 0.4) is 0 Å². The smallest absolute Gasteiger partial charge is 0.276 e. The number of carbonyl (C=O) groups excluding carboxylic acids is 2. The highest BCUT2D eigenvalue weighted by Gasteiger charge is 2.54. The molecule has 2 aliphatic heterocycles. The molecular weight excluding hydrogens is 160 g/mol. The van der Waals surface area contributed by atoms with E-state index in [1.165, 1.54) is 13.3 Å². The Kier molecular flexibility index (Phi) is 1.25. The van der Waals surface area contributed by atoms with Gasteiger partial charge in [0.25, 0.3) is 5.91 Å². The first-order valence-electron chi connectivity index (χ1n) is 3.67. The molecule has 2 aliphatic rings. The second-order valence-corrected chi connectivity index (χ2v) is 3.01. The highest BCUT2D eigenvalue weighted by molar-refractivity contribution is 6.08. The van der Waals surface area contributed by atoms with Gasteiger partial charge in [-0.2, -0.15) is 0 Å². The zero-order valence-corrected chi connectivity index (χ0v) is 6.61. The molecule has 1 atom stereocenters. The molecule has 0 saturated carbocycles. The number of carbonyl (C=O) groups is 2. The lowest BCUT2D eigenvalue weighted by Gasteiger charge is -2.16. The summed E-state index contributed by atoms with van der Waals surface area (Å²) < 4.78 is 0. The van der Waals surface area contributed by atoms with Gasteiger partial charge in [-0.05, 0) is 0 Å². The second-order valence-electron chi connectivity index (χ2n) is 3.01. The summed E-state index contributed by atoms with van der Waals surface area (Å²) in [6.45, 7) is 0. The number of likely N-dealkylation sites (N-methyl/N-ethyl adjacent to an activating group) is 1. The van der Waals surface area contributed by atoms with Gasteiger partial charge >= 0.3 is 0 Å². The summed E-state index contributed by atoms with van der Waals surface area (Å²) in [7, 11) is 1.46. The molecule has 12 heavy (non-hydrogen) atoms. The maximum absolute atomic E-state index is 11.4. The van der Waals surface area contributed by atoms with Gasteiger partial charge in [0.15, 0.2) is 0 Å². The molecule has 5 heteroatoms. The van der Waals surface area contributed by atoms with Crippen LogP contribution in [0.25, 0.3) is 0 Å². The zero-order valence-electron chi connectivity index (χ0n) is 6.61. The molecule has 0 aromatic heterocycles. The van der Waals surface area contributed by atoms with E-state index in [2.05, 4.69) is 5.16 Å². The summed E-state index contributed by atoms with van der Waals surface area (Å²) >= 11 is 0. The van der Waals surface area contributed by atoms with E-state index in [1.54, 1.807) is 0 Å². The Bertz CT molecular complexity index is 276. The lowest BCUT2D eigenvalue weighted by atomic mass is 9.99. The molecular formula is C7H8N2O3. The standard InChI is InChI=1S/C7H8N2O3/c1-9-5(10)4-7(6(9)11)2-3-8-12-7/h3H,2,4H2,1H3. The Morgan fingerprint density at radius 2 is 2.42 bits per heavy atom. The van der Waals surface area contributed by atoms with Gasteiger partial charge in [-0.15, -0.1) is 0 Å². The summed E-state index contributed by atoms with van der Waals surface area (Å²) in [5.74, 6) is -0.490. The maximum atomic E-state index is 11.4. The molecule has 1 fully saturated rings. The van der Waals surface area contributed by atoms with Crippen molar-refractivity contribution in [1.82, 2.24) is 4.90 Å². The Morgan fingerprint density at radius 1 is 1.67 bits per heavy atom. The van der Waals surface area contributed by atoms with Gasteiger partial charge in [-0.1, -0.05) is 5.16 Å². The van der Waals surface area contributed by atoms with Crippen molar-refractivity contribution in [3.63, 3.8) is 0 Å².